The zero-order valence-electron chi connectivity index (χ0n) is 15.1. The third kappa shape index (κ3) is 3.90. The number of nitrogens with zero attached hydrogens (tertiary/aromatic N) is 4. The molecule has 0 aliphatic rings. The van der Waals surface area contributed by atoms with Crippen LogP contribution in [0.15, 0.2) is 66.4 Å². The lowest BCUT2D eigenvalue weighted by molar-refractivity contribution is -0.129. The van der Waals surface area contributed by atoms with E-state index in [2.05, 4.69) is 9.97 Å². The normalized spacial score (nSPS) is 11.0. The quantitative estimate of drug-likeness (QED) is 0.516. The van der Waals surface area contributed by atoms with Crippen molar-refractivity contribution in [3.05, 3.63) is 77.7 Å². The molecule has 0 spiro atoms. The summed E-state index contributed by atoms with van der Waals surface area (Å²) in [6.07, 6.45) is 6.77. The van der Waals surface area contributed by atoms with E-state index in [0.29, 0.717) is 13.0 Å². The molecule has 0 saturated heterocycles. The fraction of sp³-hybridized carbons (Fsp3) is 0.190. The molecular weight excluding hydrogens is 356 g/mol. The molecule has 0 fully saturated rings. The summed E-state index contributed by atoms with van der Waals surface area (Å²) in [4.78, 5) is 24.0. The highest BCUT2D eigenvalue weighted by atomic mass is 32.1. The van der Waals surface area contributed by atoms with Gasteiger partial charge >= 0.3 is 0 Å². The van der Waals surface area contributed by atoms with Crippen molar-refractivity contribution in [2.45, 2.75) is 12.8 Å². The lowest BCUT2D eigenvalue weighted by atomic mass is 10.2. The van der Waals surface area contributed by atoms with Crippen LogP contribution in [-0.4, -0.2) is 38.8 Å². The average molecular weight is 376 g/mol. The monoisotopic (exact) mass is 376 g/mol. The highest BCUT2D eigenvalue weighted by Crippen LogP contribution is 2.24. The molecule has 0 radical (unpaired) electrons. The second kappa shape index (κ2) is 7.72. The number of hydrogen-bond donors (Lipinski definition) is 0. The Morgan fingerprint density at radius 1 is 1.15 bits per heavy atom. The molecule has 3 heterocycles. The zero-order valence-corrected chi connectivity index (χ0v) is 15.9. The number of amides is 1. The van der Waals surface area contributed by atoms with Crippen molar-refractivity contribution in [2.24, 2.45) is 0 Å². The highest BCUT2D eigenvalue weighted by Gasteiger charge is 2.15. The predicted molar refractivity (Wildman–Crippen MR) is 108 cm³/mol. The summed E-state index contributed by atoms with van der Waals surface area (Å²) in [7, 11) is 1.86. The third-order valence-electron chi connectivity index (χ3n) is 4.60. The zero-order chi connectivity index (χ0) is 18.6. The summed E-state index contributed by atoms with van der Waals surface area (Å²) in [5.41, 5.74) is 4.18. The van der Waals surface area contributed by atoms with E-state index in [1.807, 2.05) is 65.5 Å². The summed E-state index contributed by atoms with van der Waals surface area (Å²) in [6.45, 7) is 0.690. The first-order chi connectivity index (χ1) is 13.2. The fourth-order valence-corrected chi connectivity index (χ4v) is 3.84. The maximum atomic E-state index is 12.6. The molecule has 0 N–H and O–H groups in total. The minimum absolute atomic E-state index is 0.110. The van der Waals surface area contributed by atoms with Crippen LogP contribution in [0.2, 0.25) is 0 Å². The van der Waals surface area contributed by atoms with Crippen molar-refractivity contribution in [1.82, 2.24) is 19.3 Å². The number of thiazole rings is 1. The first-order valence-corrected chi connectivity index (χ1v) is 9.72. The van der Waals surface area contributed by atoms with E-state index < -0.39 is 0 Å². The Kier molecular flexibility index (Phi) is 4.98. The van der Waals surface area contributed by atoms with Crippen LogP contribution in [0.3, 0.4) is 0 Å². The summed E-state index contributed by atoms with van der Waals surface area (Å²) < 4.78 is 2.03. The molecular formula is C21H20N4OS. The molecule has 0 atom stereocenters. The molecule has 0 aliphatic heterocycles. The van der Waals surface area contributed by atoms with Gasteiger partial charge in [-0.05, 0) is 24.1 Å². The maximum absolute atomic E-state index is 12.6. The molecule has 6 heteroatoms. The topological polar surface area (TPSA) is 50.5 Å². The van der Waals surface area contributed by atoms with Crippen molar-refractivity contribution in [3.8, 4) is 11.3 Å². The molecule has 136 valence electrons. The van der Waals surface area contributed by atoms with Gasteiger partial charge in [0.05, 0.1) is 12.1 Å². The van der Waals surface area contributed by atoms with Crippen LogP contribution in [0.1, 0.15) is 11.3 Å². The summed E-state index contributed by atoms with van der Waals surface area (Å²) in [5, 5.41) is 2.02. The van der Waals surface area contributed by atoms with E-state index in [9.17, 15) is 4.79 Å². The number of aromatic nitrogens is 3. The third-order valence-corrected chi connectivity index (χ3v) is 5.48. The minimum Gasteiger partial charge on any atom is -0.345 e. The smallest absolute Gasteiger partial charge is 0.228 e. The summed E-state index contributed by atoms with van der Waals surface area (Å²) >= 11 is 1.57. The molecule has 1 amide bonds. The average Bonchev–Trinajstić information content (AvgIpc) is 3.29. The minimum atomic E-state index is 0.110. The Balaban J connectivity index is 1.44. The lowest BCUT2D eigenvalue weighted by Crippen LogP contribution is -2.30. The molecule has 0 saturated carbocycles. The summed E-state index contributed by atoms with van der Waals surface area (Å²) in [5.74, 6) is 0.110. The summed E-state index contributed by atoms with van der Waals surface area (Å²) in [6, 6.07) is 14.1. The molecule has 4 rings (SSSR count). The van der Waals surface area contributed by atoms with Gasteiger partial charge in [0.15, 0.2) is 4.96 Å². The SMILES string of the molecule is CN(CCc1ccncc1)C(=O)Cc1csc2nc(-c3ccccc3)cn12. The van der Waals surface area contributed by atoms with Gasteiger partial charge in [0, 0.05) is 48.8 Å². The van der Waals surface area contributed by atoms with Gasteiger partial charge in [-0.25, -0.2) is 4.98 Å². The van der Waals surface area contributed by atoms with Crippen LogP contribution in [0.5, 0.6) is 0 Å². The number of likely N-dealkylation sites (N-methyl/N-ethyl adjacent to an activating group) is 1. The van der Waals surface area contributed by atoms with Gasteiger partial charge in [-0.15, -0.1) is 11.3 Å². The Labute approximate surface area is 161 Å². The molecule has 0 unspecified atom stereocenters. The number of fused-ring (bicyclic) bond motifs is 1. The number of imidazole rings is 1. The van der Waals surface area contributed by atoms with Crippen molar-refractivity contribution < 1.29 is 4.79 Å². The molecule has 4 aromatic rings. The molecule has 0 aliphatic carbocycles. The number of rotatable bonds is 6. The Morgan fingerprint density at radius 3 is 2.70 bits per heavy atom. The van der Waals surface area contributed by atoms with Gasteiger partial charge in [-0.2, -0.15) is 0 Å². The van der Waals surface area contributed by atoms with Crippen molar-refractivity contribution in [1.29, 1.82) is 0 Å². The van der Waals surface area contributed by atoms with Crippen LogP contribution in [0, 0.1) is 0 Å². The number of benzene rings is 1. The van der Waals surface area contributed by atoms with Gasteiger partial charge < -0.3 is 4.90 Å². The predicted octanol–water partition coefficient (Wildman–Crippen LogP) is 3.70. The van der Waals surface area contributed by atoms with E-state index in [-0.39, 0.29) is 5.91 Å². The van der Waals surface area contributed by atoms with Gasteiger partial charge in [0.2, 0.25) is 5.91 Å². The fourth-order valence-electron chi connectivity index (χ4n) is 2.97. The maximum Gasteiger partial charge on any atom is 0.228 e. The highest BCUT2D eigenvalue weighted by molar-refractivity contribution is 7.15. The number of carbonyl (C=O) groups is 1. The largest absolute Gasteiger partial charge is 0.345 e. The molecule has 1 aromatic carbocycles. The Hall–Kier alpha value is -2.99. The van der Waals surface area contributed by atoms with Gasteiger partial charge in [-0.1, -0.05) is 30.3 Å². The second-order valence-electron chi connectivity index (χ2n) is 6.47. The van der Waals surface area contributed by atoms with Crippen LogP contribution in [-0.2, 0) is 17.6 Å². The number of carbonyl (C=O) groups excluding carboxylic acids is 1. The number of hydrogen-bond acceptors (Lipinski definition) is 4. The van der Waals surface area contributed by atoms with Crippen LogP contribution in [0.25, 0.3) is 16.2 Å². The lowest BCUT2D eigenvalue weighted by Gasteiger charge is -2.17. The van der Waals surface area contributed by atoms with Gasteiger partial charge in [-0.3, -0.25) is 14.2 Å². The van der Waals surface area contributed by atoms with Crippen molar-refractivity contribution in [3.63, 3.8) is 0 Å². The van der Waals surface area contributed by atoms with E-state index >= 15 is 0 Å². The van der Waals surface area contributed by atoms with E-state index in [1.165, 1.54) is 5.56 Å². The van der Waals surface area contributed by atoms with Gasteiger partial charge in [0.25, 0.3) is 0 Å². The van der Waals surface area contributed by atoms with Gasteiger partial charge in [0.1, 0.15) is 0 Å². The van der Waals surface area contributed by atoms with Crippen molar-refractivity contribution >= 4 is 22.2 Å². The van der Waals surface area contributed by atoms with Crippen LogP contribution in [0.4, 0.5) is 0 Å². The van der Waals surface area contributed by atoms with E-state index in [0.717, 1.165) is 28.3 Å². The van der Waals surface area contributed by atoms with Crippen LogP contribution < -0.4 is 0 Å². The molecule has 3 aromatic heterocycles. The first-order valence-electron chi connectivity index (χ1n) is 8.84. The second-order valence-corrected chi connectivity index (χ2v) is 7.31. The van der Waals surface area contributed by atoms with Crippen LogP contribution >= 0.6 is 11.3 Å². The van der Waals surface area contributed by atoms with Crippen molar-refractivity contribution in [2.75, 3.05) is 13.6 Å². The Bertz CT molecular complexity index is 1040. The molecule has 0 bridgehead atoms. The standard InChI is InChI=1S/C21H20N4OS/c1-24(12-9-16-7-10-22-11-8-16)20(26)13-18-15-27-21-23-19(14-25(18)21)17-5-3-2-4-6-17/h2-8,10-11,14-15H,9,12-13H2,1H3. The number of pyridine rings is 1. The van der Waals surface area contributed by atoms with E-state index in [4.69, 9.17) is 0 Å². The first kappa shape index (κ1) is 17.4. The van der Waals surface area contributed by atoms with E-state index in [1.54, 1.807) is 28.6 Å². The molecule has 5 nitrogen and oxygen atoms in total. The Morgan fingerprint density at radius 2 is 1.93 bits per heavy atom. The molecule has 27 heavy (non-hydrogen) atoms.